The maximum atomic E-state index is 14.2. The molecule has 0 bridgehead atoms. The Hall–Kier alpha value is -2.93. The van der Waals surface area contributed by atoms with Crippen molar-refractivity contribution in [3.63, 3.8) is 0 Å². The number of nitrogens with zero attached hydrogens (tertiary/aromatic N) is 2. The smallest absolute Gasteiger partial charge is 0.256 e. The van der Waals surface area contributed by atoms with Gasteiger partial charge in [-0.1, -0.05) is 37.8 Å². The van der Waals surface area contributed by atoms with E-state index in [0.717, 1.165) is 6.42 Å². The Labute approximate surface area is 212 Å². The van der Waals surface area contributed by atoms with Crippen LogP contribution >= 0.6 is 0 Å². The van der Waals surface area contributed by atoms with Crippen molar-refractivity contribution < 1.29 is 27.4 Å². The number of amides is 1. The highest BCUT2D eigenvalue weighted by molar-refractivity contribution is 7.89. The van der Waals surface area contributed by atoms with Crippen molar-refractivity contribution in [3.8, 4) is 17.6 Å². The number of rotatable bonds is 6. The van der Waals surface area contributed by atoms with Gasteiger partial charge in [-0.25, -0.2) is 12.8 Å². The molecule has 1 aliphatic heterocycles. The fourth-order valence-corrected chi connectivity index (χ4v) is 5.83. The number of fused-ring (bicyclic) bond motifs is 1. The van der Waals surface area contributed by atoms with Gasteiger partial charge in [0.25, 0.3) is 5.91 Å². The van der Waals surface area contributed by atoms with Crippen LogP contribution in [0.4, 0.5) is 4.39 Å². The Balaban J connectivity index is 2.01. The number of benzene rings is 2. The Morgan fingerprint density at radius 1 is 1.31 bits per heavy atom. The van der Waals surface area contributed by atoms with Gasteiger partial charge in [0.15, 0.2) is 0 Å². The average molecular weight is 517 g/mol. The summed E-state index contributed by atoms with van der Waals surface area (Å²) in [6, 6.07) is 9.80. The fourth-order valence-electron chi connectivity index (χ4n) is 4.00. The number of sulfonamides is 1. The van der Waals surface area contributed by atoms with Crippen LogP contribution in [0.3, 0.4) is 0 Å². The molecule has 0 saturated carbocycles. The summed E-state index contributed by atoms with van der Waals surface area (Å²) in [6.45, 7) is 5.31. The van der Waals surface area contributed by atoms with E-state index in [-0.39, 0.29) is 41.8 Å². The topological polar surface area (TPSA) is 87.2 Å². The first-order valence-electron chi connectivity index (χ1n) is 12.0. The van der Waals surface area contributed by atoms with Gasteiger partial charge in [0.2, 0.25) is 10.0 Å². The van der Waals surface area contributed by atoms with Gasteiger partial charge in [0.1, 0.15) is 22.6 Å². The van der Waals surface area contributed by atoms with Crippen LogP contribution in [0.5, 0.6) is 5.75 Å². The van der Waals surface area contributed by atoms with Crippen molar-refractivity contribution in [1.82, 2.24) is 9.21 Å². The molecule has 194 valence electrons. The Kier molecular flexibility index (Phi) is 9.12. The minimum absolute atomic E-state index is 0.0242. The maximum Gasteiger partial charge on any atom is 0.256 e. The van der Waals surface area contributed by atoms with E-state index in [1.807, 2.05) is 13.8 Å². The van der Waals surface area contributed by atoms with Gasteiger partial charge in [-0.05, 0) is 43.7 Å². The van der Waals surface area contributed by atoms with Crippen molar-refractivity contribution in [1.29, 1.82) is 0 Å². The van der Waals surface area contributed by atoms with Crippen LogP contribution in [0.1, 0.15) is 49.5 Å². The van der Waals surface area contributed by atoms with E-state index in [2.05, 4.69) is 11.8 Å². The highest BCUT2D eigenvalue weighted by Crippen LogP contribution is 2.34. The molecule has 9 heteroatoms. The minimum Gasteiger partial charge on any atom is -0.487 e. The van der Waals surface area contributed by atoms with Crippen LogP contribution in [0.15, 0.2) is 47.4 Å². The Morgan fingerprint density at radius 2 is 2.03 bits per heavy atom. The number of halogens is 1. The lowest BCUT2D eigenvalue weighted by molar-refractivity contribution is 0.0560. The third-order valence-electron chi connectivity index (χ3n) is 6.18. The molecule has 1 heterocycles. The lowest BCUT2D eigenvalue weighted by Gasteiger charge is -2.37. The summed E-state index contributed by atoms with van der Waals surface area (Å²) in [5.41, 5.74) is 0.562. The van der Waals surface area contributed by atoms with Crippen molar-refractivity contribution in [2.24, 2.45) is 5.92 Å². The first kappa shape index (κ1) is 27.7. The number of ether oxygens (including phenoxy) is 1. The van der Waals surface area contributed by atoms with Crippen molar-refractivity contribution >= 4 is 15.9 Å². The van der Waals surface area contributed by atoms with Crippen LogP contribution in [0.2, 0.25) is 0 Å². The van der Waals surface area contributed by atoms with E-state index < -0.39 is 33.9 Å². The predicted molar refractivity (Wildman–Crippen MR) is 136 cm³/mol. The largest absolute Gasteiger partial charge is 0.487 e. The number of unbranched alkanes of at least 4 members (excludes halogenated alkanes) is 1. The second-order valence-electron chi connectivity index (χ2n) is 9.12. The number of aliphatic hydroxyl groups excluding tert-OH is 1. The highest BCUT2D eigenvalue weighted by atomic mass is 32.2. The van der Waals surface area contributed by atoms with E-state index in [4.69, 9.17) is 4.74 Å². The molecule has 0 spiro atoms. The molecule has 1 N–H and O–H groups in total. The molecule has 0 unspecified atom stereocenters. The SMILES string of the molecule is CCCC#Cc1ccc2c(c1)O[C@@H](CN(C)C(=O)c1ccccc1F)[C@@H](C)CN([C@@H](C)CO)S2(=O)=O. The fraction of sp³-hybridized carbons (Fsp3) is 0.444. The summed E-state index contributed by atoms with van der Waals surface area (Å²) in [7, 11) is -2.42. The van der Waals surface area contributed by atoms with Gasteiger partial charge >= 0.3 is 0 Å². The Morgan fingerprint density at radius 3 is 2.69 bits per heavy atom. The third kappa shape index (κ3) is 6.06. The zero-order valence-electron chi connectivity index (χ0n) is 21.1. The van der Waals surface area contributed by atoms with Crippen molar-refractivity contribution in [3.05, 3.63) is 59.4 Å². The lowest BCUT2D eigenvalue weighted by Crippen LogP contribution is -2.50. The van der Waals surface area contributed by atoms with Crippen molar-refractivity contribution in [2.75, 3.05) is 26.7 Å². The first-order valence-corrected chi connectivity index (χ1v) is 13.5. The molecule has 2 aromatic rings. The van der Waals surface area contributed by atoms with Gasteiger partial charge in [-0.3, -0.25) is 4.79 Å². The highest BCUT2D eigenvalue weighted by Gasteiger charge is 2.38. The summed E-state index contributed by atoms with van der Waals surface area (Å²) in [5.74, 6) is 4.74. The summed E-state index contributed by atoms with van der Waals surface area (Å²) >= 11 is 0. The van der Waals surface area contributed by atoms with Gasteiger partial charge in [0, 0.05) is 37.5 Å². The van der Waals surface area contributed by atoms with Gasteiger partial charge in [0.05, 0.1) is 18.7 Å². The number of carbonyl (C=O) groups excluding carboxylic acids is 1. The zero-order valence-corrected chi connectivity index (χ0v) is 21.9. The second kappa shape index (κ2) is 11.9. The van der Waals surface area contributed by atoms with E-state index in [1.54, 1.807) is 32.2 Å². The summed E-state index contributed by atoms with van der Waals surface area (Å²) < 4.78 is 48.8. The van der Waals surface area contributed by atoms with Crippen LogP contribution in [-0.2, 0) is 10.0 Å². The van der Waals surface area contributed by atoms with E-state index in [0.29, 0.717) is 12.0 Å². The molecular formula is C27H33FN2O5S. The molecule has 7 nitrogen and oxygen atoms in total. The maximum absolute atomic E-state index is 14.2. The standard InChI is InChI=1S/C27H33FN2O5S/c1-5-6-7-10-21-13-14-26-24(15-21)35-25(19(2)16-30(20(3)18-31)36(26,33)34)17-29(4)27(32)22-11-8-9-12-23(22)28/h8-9,11-15,19-20,25,31H,5-6,16-18H2,1-4H3/t19-,20-,25-/m0/s1. The zero-order chi connectivity index (χ0) is 26.5. The second-order valence-corrected chi connectivity index (χ2v) is 11.0. The molecule has 36 heavy (non-hydrogen) atoms. The number of hydrogen-bond acceptors (Lipinski definition) is 5. The number of hydrogen-bond donors (Lipinski definition) is 1. The summed E-state index contributed by atoms with van der Waals surface area (Å²) in [4.78, 5) is 14.3. The molecule has 0 radical (unpaired) electrons. The first-order chi connectivity index (χ1) is 17.1. The van der Waals surface area contributed by atoms with E-state index in [9.17, 15) is 22.7 Å². The molecule has 3 rings (SSSR count). The normalized spacial score (nSPS) is 20.1. The summed E-state index contributed by atoms with van der Waals surface area (Å²) in [5, 5.41) is 9.77. The third-order valence-corrected chi connectivity index (χ3v) is 8.20. The van der Waals surface area contributed by atoms with Crippen LogP contribution in [-0.4, -0.2) is 67.5 Å². The molecule has 3 atom stereocenters. The quantitative estimate of drug-likeness (QED) is 0.594. The molecule has 2 aromatic carbocycles. The monoisotopic (exact) mass is 516 g/mol. The van der Waals surface area contributed by atoms with Crippen LogP contribution in [0.25, 0.3) is 0 Å². The number of likely N-dealkylation sites (N-methyl/N-ethyl adjacent to an activating group) is 1. The van der Waals surface area contributed by atoms with E-state index >= 15 is 0 Å². The summed E-state index contributed by atoms with van der Waals surface area (Å²) in [6.07, 6.45) is 1.01. The number of carbonyl (C=O) groups is 1. The predicted octanol–water partition coefficient (Wildman–Crippen LogP) is 3.52. The van der Waals surface area contributed by atoms with Crippen LogP contribution in [0, 0.1) is 23.6 Å². The average Bonchev–Trinajstić information content (AvgIpc) is 2.85. The molecule has 0 aliphatic carbocycles. The van der Waals surface area contributed by atoms with Crippen molar-refractivity contribution in [2.45, 2.75) is 50.7 Å². The van der Waals surface area contributed by atoms with Gasteiger partial charge < -0.3 is 14.7 Å². The Bertz CT molecular complexity index is 1250. The molecule has 0 fully saturated rings. The van der Waals surface area contributed by atoms with E-state index in [1.165, 1.54) is 33.5 Å². The van der Waals surface area contributed by atoms with Crippen LogP contribution < -0.4 is 4.74 Å². The lowest BCUT2D eigenvalue weighted by atomic mass is 10.0. The minimum atomic E-state index is -3.98. The molecule has 1 aliphatic rings. The molecular weight excluding hydrogens is 483 g/mol. The molecule has 0 saturated heterocycles. The van der Waals surface area contributed by atoms with Gasteiger partial charge in [-0.2, -0.15) is 4.31 Å². The molecule has 0 aromatic heterocycles. The molecule has 1 amide bonds. The van der Waals surface area contributed by atoms with Gasteiger partial charge in [-0.15, -0.1) is 0 Å². The number of aliphatic hydroxyl groups is 1.